The molecule has 0 saturated carbocycles. The van der Waals surface area contributed by atoms with Crippen molar-refractivity contribution in [2.75, 3.05) is 24.3 Å². The summed E-state index contributed by atoms with van der Waals surface area (Å²) in [6.45, 7) is 2.15. The number of thioether (sulfide) groups is 1. The van der Waals surface area contributed by atoms with Crippen LogP contribution in [0, 0.1) is 6.92 Å². The van der Waals surface area contributed by atoms with Crippen LogP contribution in [0.4, 0.5) is 11.4 Å². The monoisotopic (exact) mass is 372 g/mol. The molecule has 0 aromatic heterocycles. The molecular formula is C24H24N2S. The van der Waals surface area contributed by atoms with Gasteiger partial charge >= 0.3 is 0 Å². The maximum atomic E-state index is 3.66. The third kappa shape index (κ3) is 3.88. The fourth-order valence-electron chi connectivity index (χ4n) is 3.25. The maximum absolute atomic E-state index is 3.66. The first-order valence-corrected chi connectivity index (χ1v) is 10.1. The summed E-state index contributed by atoms with van der Waals surface area (Å²) in [6.07, 6.45) is 2.35. The van der Waals surface area contributed by atoms with Crippen molar-refractivity contribution in [2.45, 2.75) is 17.1 Å². The number of fused-ring (bicyclic) bond motifs is 1. The minimum Gasteiger partial charge on any atom is -0.378 e. The van der Waals surface area contributed by atoms with E-state index in [0.29, 0.717) is 0 Å². The van der Waals surface area contributed by atoms with Gasteiger partial charge in [0.15, 0.2) is 0 Å². The van der Waals surface area contributed by atoms with E-state index >= 15 is 0 Å². The molecule has 1 aliphatic rings. The topological polar surface area (TPSA) is 15.3 Å². The van der Waals surface area contributed by atoms with Crippen LogP contribution in [0.25, 0.3) is 5.70 Å². The van der Waals surface area contributed by atoms with Gasteiger partial charge in [-0.25, -0.2) is 0 Å². The van der Waals surface area contributed by atoms with Gasteiger partial charge in [-0.2, -0.15) is 0 Å². The second-order valence-electron chi connectivity index (χ2n) is 7.10. The van der Waals surface area contributed by atoms with Crippen LogP contribution >= 0.6 is 11.8 Å². The van der Waals surface area contributed by atoms with Gasteiger partial charge in [0.05, 0.1) is 10.9 Å². The zero-order valence-electron chi connectivity index (χ0n) is 15.9. The summed E-state index contributed by atoms with van der Waals surface area (Å²) >= 11 is 1.91. The third-order valence-corrected chi connectivity index (χ3v) is 6.06. The summed E-state index contributed by atoms with van der Waals surface area (Å²) in [5.41, 5.74) is 7.36. The van der Waals surface area contributed by atoms with Gasteiger partial charge in [0.2, 0.25) is 0 Å². The predicted molar refractivity (Wildman–Crippen MR) is 119 cm³/mol. The van der Waals surface area contributed by atoms with Crippen molar-refractivity contribution in [3.05, 3.63) is 95.6 Å². The highest BCUT2D eigenvalue weighted by Gasteiger charge is 2.20. The van der Waals surface area contributed by atoms with Gasteiger partial charge < -0.3 is 10.2 Å². The molecule has 0 saturated heterocycles. The minimum absolute atomic E-state index is 0.256. The van der Waals surface area contributed by atoms with E-state index in [-0.39, 0.29) is 5.25 Å². The Morgan fingerprint density at radius 2 is 1.63 bits per heavy atom. The number of anilines is 2. The summed E-state index contributed by atoms with van der Waals surface area (Å²) in [5.74, 6) is 0. The van der Waals surface area contributed by atoms with Crippen LogP contribution in [0.1, 0.15) is 21.9 Å². The first-order valence-electron chi connectivity index (χ1n) is 9.19. The zero-order valence-corrected chi connectivity index (χ0v) is 16.8. The quantitative estimate of drug-likeness (QED) is 0.576. The molecule has 3 aromatic carbocycles. The Hall–Kier alpha value is -2.65. The van der Waals surface area contributed by atoms with Crippen LogP contribution in [0.3, 0.4) is 0 Å². The molecule has 3 heteroatoms. The molecular weight excluding hydrogens is 348 g/mol. The summed E-state index contributed by atoms with van der Waals surface area (Å²) < 4.78 is 0. The smallest absolute Gasteiger partial charge is 0.0548 e. The molecule has 27 heavy (non-hydrogen) atoms. The largest absolute Gasteiger partial charge is 0.378 e. The highest BCUT2D eigenvalue weighted by atomic mass is 32.2. The lowest BCUT2D eigenvalue weighted by Crippen LogP contribution is -2.08. The minimum atomic E-state index is 0.256. The number of rotatable bonds is 3. The van der Waals surface area contributed by atoms with Crippen LogP contribution in [0.2, 0.25) is 0 Å². The molecule has 1 unspecified atom stereocenters. The van der Waals surface area contributed by atoms with Crippen LogP contribution in [0.15, 0.2) is 83.8 Å². The van der Waals surface area contributed by atoms with Crippen LogP contribution in [-0.2, 0) is 0 Å². The molecule has 1 heterocycles. The van der Waals surface area contributed by atoms with Crippen molar-refractivity contribution in [2.24, 2.45) is 0 Å². The summed E-state index contributed by atoms with van der Waals surface area (Å²) in [4.78, 5) is 3.43. The van der Waals surface area contributed by atoms with Crippen molar-refractivity contribution in [1.29, 1.82) is 0 Å². The van der Waals surface area contributed by atoms with Crippen LogP contribution in [0.5, 0.6) is 0 Å². The van der Waals surface area contributed by atoms with Gasteiger partial charge in [-0.05, 0) is 54.0 Å². The fourth-order valence-corrected chi connectivity index (χ4v) is 4.52. The van der Waals surface area contributed by atoms with Gasteiger partial charge in [-0.3, -0.25) is 0 Å². The number of nitrogens with one attached hydrogen (secondary N) is 1. The van der Waals surface area contributed by atoms with E-state index < -0.39 is 0 Å². The second kappa shape index (κ2) is 7.53. The SMILES string of the molecule is Cc1ccc2c(c1)SC(c1ccc(N(C)C)cc1)C=C(c1ccccc1)N2. The molecule has 1 N–H and O–H groups in total. The average Bonchev–Trinajstić information content (AvgIpc) is 2.88. The Morgan fingerprint density at radius 1 is 0.889 bits per heavy atom. The summed E-state index contributed by atoms with van der Waals surface area (Å²) in [6, 6.07) is 26.1. The van der Waals surface area contributed by atoms with E-state index in [1.807, 2.05) is 11.8 Å². The van der Waals surface area contributed by atoms with E-state index in [1.165, 1.54) is 33.0 Å². The number of aryl methyl sites for hydroxylation is 1. The van der Waals surface area contributed by atoms with Crippen LogP contribution in [-0.4, -0.2) is 14.1 Å². The average molecular weight is 373 g/mol. The van der Waals surface area contributed by atoms with Crippen molar-refractivity contribution < 1.29 is 0 Å². The molecule has 0 spiro atoms. The van der Waals surface area contributed by atoms with Gasteiger partial charge in [-0.15, -0.1) is 11.8 Å². The van der Waals surface area contributed by atoms with E-state index in [9.17, 15) is 0 Å². The lowest BCUT2D eigenvalue weighted by atomic mass is 10.1. The first-order chi connectivity index (χ1) is 13.1. The molecule has 4 rings (SSSR count). The van der Waals surface area contributed by atoms with Crippen molar-refractivity contribution in [3.8, 4) is 0 Å². The lowest BCUT2D eigenvalue weighted by Gasteiger charge is -2.16. The molecule has 0 fully saturated rings. The standard InChI is InChI=1S/C24H24N2S/c1-17-9-14-21-24(15-17)27-23(19-10-12-20(13-11-19)26(2)3)16-22(25-21)18-7-5-4-6-8-18/h4-16,23,25H,1-3H3. The van der Waals surface area contributed by atoms with Crippen molar-refractivity contribution >= 4 is 28.8 Å². The van der Waals surface area contributed by atoms with Gasteiger partial charge in [0.25, 0.3) is 0 Å². The molecule has 136 valence electrons. The molecule has 0 bridgehead atoms. The Bertz CT molecular complexity index is 959. The Balaban J connectivity index is 1.78. The Kier molecular flexibility index (Phi) is 4.95. The van der Waals surface area contributed by atoms with Crippen molar-refractivity contribution in [1.82, 2.24) is 0 Å². The van der Waals surface area contributed by atoms with E-state index in [4.69, 9.17) is 0 Å². The Morgan fingerprint density at radius 3 is 2.33 bits per heavy atom. The second-order valence-corrected chi connectivity index (χ2v) is 8.28. The van der Waals surface area contributed by atoms with E-state index in [0.717, 1.165) is 5.70 Å². The summed E-state index contributed by atoms with van der Waals surface area (Å²) in [7, 11) is 4.15. The number of hydrogen-bond donors (Lipinski definition) is 1. The number of benzene rings is 3. The summed E-state index contributed by atoms with van der Waals surface area (Å²) in [5, 5.41) is 3.92. The molecule has 1 atom stereocenters. The zero-order chi connectivity index (χ0) is 18.8. The molecule has 3 aromatic rings. The van der Waals surface area contributed by atoms with E-state index in [2.05, 4.69) is 110 Å². The highest BCUT2D eigenvalue weighted by Crippen LogP contribution is 2.45. The Labute approximate surface area is 165 Å². The van der Waals surface area contributed by atoms with Gasteiger partial charge in [-0.1, -0.05) is 48.5 Å². The molecule has 0 radical (unpaired) electrons. The fraction of sp³-hybridized carbons (Fsp3) is 0.167. The maximum Gasteiger partial charge on any atom is 0.0548 e. The molecule has 1 aliphatic heterocycles. The molecule has 2 nitrogen and oxygen atoms in total. The number of nitrogens with zero attached hydrogens (tertiary/aromatic N) is 1. The third-order valence-electron chi connectivity index (χ3n) is 4.80. The lowest BCUT2D eigenvalue weighted by molar-refractivity contribution is 1.12. The van der Waals surface area contributed by atoms with E-state index in [1.54, 1.807) is 0 Å². The first kappa shape index (κ1) is 17.7. The number of hydrogen-bond acceptors (Lipinski definition) is 3. The normalized spacial score (nSPS) is 16.0. The highest BCUT2D eigenvalue weighted by molar-refractivity contribution is 7.99. The van der Waals surface area contributed by atoms with Crippen LogP contribution < -0.4 is 10.2 Å². The van der Waals surface area contributed by atoms with Gasteiger partial charge in [0, 0.05) is 30.4 Å². The molecule has 0 aliphatic carbocycles. The van der Waals surface area contributed by atoms with Gasteiger partial charge in [0.1, 0.15) is 0 Å². The van der Waals surface area contributed by atoms with Crippen molar-refractivity contribution in [3.63, 3.8) is 0 Å². The molecule has 0 amide bonds. The predicted octanol–water partition coefficient (Wildman–Crippen LogP) is 6.36.